The minimum Gasteiger partial charge on any atom is -0.396 e. The number of nitrogens with zero attached hydrogens (tertiary/aromatic N) is 2. The standard InChI is InChI=1S/C20H32ClN3O6S/c1-28-13-17(29-2)9-23-31(26,27)19-7-16(21)8-22-20(19)24-10-15(12-25)18(11-24)14-3-5-30-6-4-14/h7-8,14-15,17-18,23,25H,3-6,9-13H2,1-2H3/t15-,17?,18-/m0/s1. The van der Waals surface area contributed by atoms with Crippen molar-refractivity contribution < 1.29 is 27.7 Å². The van der Waals surface area contributed by atoms with Crippen molar-refractivity contribution in [3.63, 3.8) is 0 Å². The highest BCUT2D eigenvalue weighted by atomic mass is 35.5. The molecule has 1 aromatic heterocycles. The molecule has 2 saturated heterocycles. The number of sulfonamides is 1. The number of methoxy groups -OCH3 is 2. The van der Waals surface area contributed by atoms with Gasteiger partial charge in [-0.25, -0.2) is 18.1 Å². The lowest BCUT2D eigenvalue weighted by atomic mass is 9.80. The smallest absolute Gasteiger partial charge is 0.244 e. The Labute approximate surface area is 189 Å². The summed E-state index contributed by atoms with van der Waals surface area (Å²) < 4.78 is 44.6. The van der Waals surface area contributed by atoms with Gasteiger partial charge in [-0.2, -0.15) is 0 Å². The number of rotatable bonds is 10. The van der Waals surface area contributed by atoms with E-state index in [9.17, 15) is 13.5 Å². The molecule has 3 atom stereocenters. The SMILES string of the molecule is COCC(CNS(=O)(=O)c1cc(Cl)cnc1N1C[C@@H](CO)[C@H](C2CCOCC2)C1)OC. The van der Waals surface area contributed by atoms with Crippen LogP contribution in [0.1, 0.15) is 12.8 Å². The quantitative estimate of drug-likeness (QED) is 0.516. The number of nitrogens with one attached hydrogen (secondary N) is 1. The maximum absolute atomic E-state index is 13.1. The first-order valence-corrected chi connectivity index (χ1v) is 12.4. The van der Waals surface area contributed by atoms with Crippen LogP contribution in [0.3, 0.4) is 0 Å². The van der Waals surface area contributed by atoms with Gasteiger partial charge in [0.25, 0.3) is 0 Å². The van der Waals surface area contributed by atoms with Crippen LogP contribution in [0.5, 0.6) is 0 Å². The summed E-state index contributed by atoms with van der Waals surface area (Å²) >= 11 is 6.10. The number of aliphatic hydroxyl groups is 1. The molecule has 2 aliphatic rings. The number of pyridine rings is 1. The number of hydrogen-bond acceptors (Lipinski definition) is 8. The van der Waals surface area contributed by atoms with Gasteiger partial charge in [0.05, 0.1) is 17.7 Å². The molecular formula is C20H32ClN3O6S. The second-order valence-electron chi connectivity index (χ2n) is 8.10. The van der Waals surface area contributed by atoms with Gasteiger partial charge in [0.2, 0.25) is 10.0 Å². The highest BCUT2D eigenvalue weighted by Gasteiger charge is 2.40. The Hall–Kier alpha value is -1.01. The molecule has 0 aliphatic carbocycles. The highest BCUT2D eigenvalue weighted by Crippen LogP contribution is 2.38. The fraction of sp³-hybridized carbons (Fsp3) is 0.750. The molecule has 0 amide bonds. The lowest BCUT2D eigenvalue weighted by Crippen LogP contribution is -2.36. The van der Waals surface area contributed by atoms with Crippen LogP contribution in [0.4, 0.5) is 5.82 Å². The van der Waals surface area contributed by atoms with E-state index >= 15 is 0 Å². The Balaban J connectivity index is 1.82. The van der Waals surface area contributed by atoms with Crippen molar-refractivity contribution in [1.82, 2.24) is 9.71 Å². The Morgan fingerprint density at radius 3 is 2.74 bits per heavy atom. The van der Waals surface area contributed by atoms with E-state index in [1.807, 2.05) is 4.90 Å². The molecule has 1 unspecified atom stereocenters. The molecule has 3 rings (SSSR count). The van der Waals surface area contributed by atoms with Crippen molar-refractivity contribution in [2.24, 2.45) is 17.8 Å². The lowest BCUT2D eigenvalue weighted by Gasteiger charge is -2.30. The summed E-state index contributed by atoms with van der Waals surface area (Å²) in [5.74, 6) is 1.11. The molecule has 0 bridgehead atoms. The average Bonchev–Trinajstić information content (AvgIpc) is 3.21. The van der Waals surface area contributed by atoms with Gasteiger partial charge in [-0.1, -0.05) is 11.6 Å². The molecule has 176 valence electrons. The highest BCUT2D eigenvalue weighted by molar-refractivity contribution is 7.89. The van der Waals surface area contributed by atoms with Crippen molar-refractivity contribution in [3.8, 4) is 0 Å². The normalized spacial score (nSPS) is 23.9. The first kappa shape index (κ1) is 24.6. The molecule has 2 aliphatic heterocycles. The monoisotopic (exact) mass is 477 g/mol. The van der Waals surface area contributed by atoms with Crippen LogP contribution in [0, 0.1) is 17.8 Å². The molecule has 2 N–H and O–H groups in total. The molecule has 1 aromatic rings. The Morgan fingerprint density at radius 1 is 1.35 bits per heavy atom. The largest absolute Gasteiger partial charge is 0.396 e. The molecule has 9 nitrogen and oxygen atoms in total. The van der Waals surface area contributed by atoms with E-state index in [-0.39, 0.29) is 41.5 Å². The summed E-state index contributed by atoms with van der Waals surface area (Å²) in [6.07, 6.45) is 2.94. The maximum Gasteiger partial charge on any atom is 0.244 e. The van der Waals surface area contributed by atoms with E-state index in [0.29, 0.717) is 24.8 Å². The third kappa shape index (κ3) is 6.07. The minimum atomic E-state index is -3.90. The van der Waals surface area contributed by atoms with Crippen molar-refractivity contribution in [2.75, 3.05) is 65.2 Å². The summed E-state index contributed by atoms with van der Waals surface area (Å²) in [4.78, 5) is 6.35. The average molecular weight is 478 g/mol. The van der Waals surface area contributed by atoms with E-state index < -0.39 is 16.1 Å². The second-order valence-corrected chi connectivity index (χ2v) is 10.3. The van der Waals surface area contributed by atoms with Gasteiger partial charge in [-0.05, 0) is 30.7 Å². The van der Waals surface area contributed by atoms with Gasteiger partial charge >= 0.3 is 0 Å². The van der Waals surface area contributed by atoms with Gasteiger partial charge in [0.1, 0.15) is 10.7 Å². The van der Waals surface area contributed by atoms with E-state index in [2.05, 4.69) is 9.71 Å². The van der Waals surface area contributed by atoms with Crippen molar-refractivity contribution in [2.45, 2.75) is 23.8 Å². The summed E-state index contributed by atoms with van der Waals surface area (Å²) in [5, 5.41) is 10.2. The van der Waals surface area contributed by atoms with Crippen LogP contribution >= 0.6 is 11.6 Å². The van der Waals surface area contributed by atoms with Crippen LogP contribution in [-0.4, -0.2) is 84.9 Å². The minimum absolute atomic E-state index is 0.0246. The number of aliphatic hydroxyl groups excluding tert-OH is 1. The van der Waals surface area contributed by atoms with Gasteiger partial charge in [-0.15, -0.1) is 0 Å². The van der Waals surface area contributed by atoms with Crippen LogP contribution < -0.4 is 9.62 Å². The Morgan fingerprint density at radius 2 is 2.10 bits per heavy atom. The molecule has 0 aromatic carbocycles. The zero-order valence-electron chi connectivity index (χ0n) is 18.0. The first-order valence-electron chi connectivity index (χ1n) is 10.5. The fourth-order valence-electron chi connectivity index (χ4n) is 4.47. The number of hydrogen-bond donors (Lipinski definition) is 2. The van der Waals surface area contributed by atoms with Gasteiger partial charge in [0.15, 0.2) is 0 Å². The van der Waals surface area contributed by atoms with Gasteiger partial charge in [-0.3, -0.25) is 0 Å². The number of ether oxygens (including phenoxy) is 3. The van der Waals surface area contributed by atoms with E-state index in [1.54, 1.807) is 0 Å². The maximum atomic E-state index is 13.1. The summed E-state index contributed by atoms with van der Waals surface area (Å²) in [5.41, 5.74) is 0. The molecule has 0 spiro atoms. The van der Waals surface area contributed by atoms with Crippen LogP contribution in [0.2, 0.25) is 5.02 Å². The molecule has 3 heterocycles. The number of aromatic nitrogens is 1. The first-order chi connectivity index (χ1) is 14.9. The van der Waals surface area contributed by atoms with Gasteiger partial charge in [0, 0.05) is 65.8 Å². The molecule has 11 heteroatoms. The van der Waals surface area contributed by atoms with Crippen molar-refractivity contribution in [1.29, 1.82) is 0 Å². The zero-order chi connectivity index (χ0) is 22.4. The number of halogens is 1. The molecule has 0 radical (unpaired) electrons. The second kappa shape index (κ2) is 11.2. The third-order valence-corrected chi connectivity index (χ3v) is 7.81. The topological polar surface area (TPSA) is 110 Å². The number of anilines is 1. The predicted molar refractivity (Wildman–Crippen MR) is 117 cm³/mol. The van der Waals surface area contributed by atoms with E-state index in [0.717, 1.165) is 26.1 Å². The van der Waals surface area contributed by atoms with E-state index in [1.165, 1.54) is 26.5 Å². The van der Waals surface area contributed by atoms with Crippen molar-refractivity contribution in [3.05, 3.63) is 17.3 Å². The fourth-order valence-corrected chi connectivity index (χ4v) is 5.95. The summed E-state index contributed by atoms with van der Waals surface area (Å²) in [6, 6.07) is 1.42. The Kier molecular flexibility index (Phi) is 8.91. The lowest BCUT2D eigenvalue weighted by molar-refractivity contribution is 0.0320. The predicted octanol–water partition coefficient (Wildman–Crippen LogP) is 1.15. The Bertz CT molecular complexity index is 821. The molecular weight excluding hydrogens is 446 g/mol. The zero-order valence-corrected chi connectivity index (χ0v) is 19.6. The van der Waals surface area contributed by atoms with Crippen LogP contribution in [0.15, 0.2) is 17.2 Å². The van der Waals surface area contributed by atoms with Crippen LogP contribution in [0.25, 0.3) is 0 Å². The van der Waals surface area contributed by atoms with E-state index in [4.69, 9.17) is 25.8 Å². The molecule has 0 saturated carbocycles. The van der Waals surface area contributed by atoms with Crippen LogP contribution in [-0.2, 0) is 24.2 Å². The molecule has 31 heavy (non-hydrogen) atoms. The molecule has 2 fully saturated rings. The summed E-state index contributed by atoms with van der Waals surface area (Å²) in [6.45, 7) is 3.00. The van der Waals surface area contributed by atoms with Gasteiger partial charge < -0.3 is 24.2 Å². The third-order valence-electron chi connectivity index (χ3n) is 6.17. The summed E-state index contributed by atoms with van der Waals surface area (Å²) in [7, 11) is -0.870. The van der Waals surface area contributed by atoms with Crippen molar-refractivity contribution >= 4 is 27.4 Å².